The number of oxazole rings is 1. The second-order valence-corrected chi connectivity index (χ2v) is 7.87. The maximum absolute atomic E-state index is 14.3. The first-order valence-corrected chi connectivity index (χ1v) is 9.87. The lowest BCUT2D eigenvalue weighted by atomic mass is 9.77. The number of benzene rings is 2. The van der Waals surface area contributed by atoms with Gasteiger partial charge in [0, 0.05) is 23.6 Å². The predicted octanol–water partition coefficient (Wildman–Crippen LogP) is 4.80. The first-order valence-electron chi connectivity index (χ1n) is 9.49. The summed E-state index contributed by atoms with van der Waals surface area (Å²) in [5, 5.41) is 18.6. The van der Waals surface area contributed by atoms with Crippen LogP contribution in [0.2, 0.25) is 5.02 Å². The van der Waals surface area contributed by atoms with E-state index in [1.807, 2.05) is 0 Å². The number of rotatable bonds is 4. The van der Waals surface area contributed by atoms with Crippen LogP contribution in [0.4, 0.5) is 13.2 Å². The summed E-state index contributed by atoms with van der Waals surface area (Å²) in [6.45, 7) is 1.25. The number of nitrogens with zero attached hydrogens (tertiary/aromatic N) is 3. The van der Waals surface area contributed by atoms with E-state index in [9.17, 15) is 23.1 Å². The van der Waals surface area contributed by atoms with E-state index in [4.69, 9.17) is 16.0 Å². The molecule has 0 aliphatic heterocycles. The number of hydrogen-bond acceptors (Lipinski definition) is 5. The van der Waals surface area contributed by atoms with E-state index in [1.54, 1.807) is 12.1 Å². The lowest BCUT2D eigenvalue weighted by Gasteiger charge is -2.37. The number of aromatic nitrogens is 3. The summed E-state index contributed by atoms with van der Waals surface area (Å²) in [5.41, 5.74) is -2.01. The van der Waals surface area contributed by atoms with Gasteiger partial charge in [-0.15, -0.1) is 0 Å². The topological polar surface area (TPSA) is 81.2 Å². The molecule has 0 fully saturated rings. The Morgan fingerprint density at radius 1 is 1.09 bits per heavy atom. The van der Waals surface area contributed by atoms with Gasteiger partial charge in [-0.05, 0) is 41.0 Å². The smallest absolute Gasteiger partial charge is 0.408 e. The molecule has 1 N–H and O–H groups in total. The van der Waals surface area contributed by atoms with Gasteiger partial charge >= 0.3 is 11.9 Å². The normalized spacial score (nSPS) is 15.0. The molecular weight excluding hydrogens is 447 g/mol. The fraction of sp³-hybridized carbons (Fsp3) is 0.227. The summed E-state index contributed by atoms with van der Waals surface area (Å²) in [6.07, 6.45) is -2.05. The van der Waals surface area contributed by atoms with Crippen LogP contribution >= 0.6 is 11.6 Å². The summed E-state index contributed by atoms with van der Waals surface area (Å²) in [5.74, 6) is -2.19. The van der Waals surface area contributed by atoms with Crippen molar-refractivity contribution in [3.63, 3.8) is 0 Å². The van der Waals surface area contributed by atoms with Crippen molar-refractivity contribution in [2.75, 3.05) is 0 Å². The molecule has 0 spiro atoms. The van der Waals surface area contributed by atoms with Crippen LogP contribution in [-0.2, 0) is 12.6 Å². The molecule has 0 saturated carbocycles. The zero-order chi connectivity index (χ0) is 23.3. The molecule has 2 atom stereocenters. The summed E-state index contributed by atoms with van der Waals surface area (Å²) < 4.78 is 49.0. The van der Waals surface area contributed by atoms with E-state index in [2.05, 4.69) is 10.2 Å². The second-order valence-electron chi connectivity index (χ2n) is 7.46. The minimum absolute atomic E-state index is 0.0614. The zero-order valence-corrected chi connectivity index (χ0v) is 17.6. The Hall–Kier alpha value is -3.17. The van der Waals surface area contributed by atoms with Crippen molar-refractivity contribution < 1.29 is 22.7 Å². The van der Waals surface area contributed by atoms with E-state index in [0.717, 1.165) is 16.7 Å². The molecule has 0 unspecified atom stereocenters. The highest BCUT2D eigenvalue weighted by molar-refractivity contribution is 6.31. The van der Waals surface area contributed by atoms with E-state index in [-0.39, 0.29) is 21.7 Å². The molecule has 32 heavy (non-hydrogen) atoms. The third-order valence-electron chi connectivity index (χ3n) is 5.67. The highest BCUT2D eigenvalue weighted by atomic mass is 35.5. The van der Waals surface area contributed by atoms with Crippen LogP contribution < -0.4 is 5.76 Å². The Morgan fingerprint density at radius 2 is 1.84 bits per heavy atom. The Labute approximate surface area is 184 Å². The lowest BCUT2D eigenvalue weighted by Crippen LogP contribution is -2.46. The van der Waals surface area contributed by atoms with Crippen molar-refractivity contribution in [2.24, 2.45) is 7.05 Å². The van der Waals surface area contributed by atoms with Gasteiger partial charge in [0.25, 0.3) is 0 Å². The first kappa shape index (κ1) is 22.0. The number of alkyl halides is 3. The third-order valence-corrected chi connectivity index (χ3v) is 6.00. The molecule has 4 aromatic rings. The van der Waals surface area contributed by atoms with Crippen molar-refractivity contribution in [2.45, 2.75) is 24.6 Å². The fourth-order valence-electron chi connectivity index (χ4n) is 3.77. The quantitative estimate of drug-likeness (QED) is 0.470. The van der Waals surface area contributed by atoms with Crippen LogP contribution in [0.3, 0.4) is 0 Å². The SMILES string of the molecule is C[C@H](c1ccc(-c2ccnnc2)cc1Cl)[C@@](O)(c1ccc2oc(=O)n(C)c2c1)C(F)(F)F. The average Bonchev–Trinajstić information content (AvgIpc) is 3.05. The molecule has 2 heterocycles. The number of fused-ring (bicyclic) bond motifs is 1. The number of halogens is 4. The molecule has 2 aromatic heterocycles. The molecule has 0 bridgehead atoms. The van der Waals surface area contributed by atoms with E-state index in [0.29, 0.717) is 11.1 Å². The van der Waals surface area contributed by atoms with E-state index < -0.39 is 29.0 Å². The minimum Gasteiger partial charge on any atom is -0.408 e. The maximum atomic E-state index is 14.3. The minimum atomic E-state index is -5.04. The molecule has 0 radical (unpaired) electrons. The van der Waals surface area contributed by atoms with Crippen LogP contribution in [0.5, 0.6) is 0 Å². The molecule has 0 aliphatic rings. The molecule has 4 rings (SSSR count). The molecule has 0 amide bonds. The van der Waals surface area contributed by atoms with Crippen LogP contribution in [0.25, 0.3) is 22.2 Å². The van der Waals surface area contributed by atoms with Gasteiger partial charge in [0.15, 0.2) is 11.2 Å². The second kappa shape index (κ2) is 7.75. The molecule has 0 saturated heterocycles. The molecule has 2 aromatic carbocycles. The largest absolute Gasteiger partial charge is 0.422 e. The van der Waals surface area contributed by atoms with Crippen molar-refractivity contribution >= 4 is 22.7 Å². The van der Waals surface area contributed by atoms with Gasteiger partial charge in [-0.2, -0.15) is 23.4 Å². The Bertz CT molecular complexity index is 1350. The number of hydrogen-bond donors (Lipinski definition) is 1. The van der Waals surface area contributed by atoms with Crippen molar-refractivity contribution in [3.05, 3.63) is 81.6 Å². The van der Waals surface area contributed by atoms with Crippen LogP contribution in [0, 0.1) is 0 Å². The van der Waals surface area contributed by atoms with Gasteiger partial charge in [0.05, 0.1) is 17.9 Å². The monoisotopic (exact) mass is 463 g/mol. The summed E-state index contributed by atoms with van der Waals surface area (Å²) in [4.78, 5) is 11.7. The van der Waals surface area contributed by atoms with Crippen LogP contribution in [0.15, 0.2) is 64.1 Å². The summed E-state index contributed by atoms with van der Waals surface area (Å²) in [6, 6.07) is 9.70. The van der Waals surface area contributed by atoms with E-state index in [1.165, 1.54) is 44.6 Å². The summed E-state index contributed by atoms with van der Waals surface area (Å²) in [7, 11) is 1.37. The first-order chi connectivity index (χ1) is 15.0. The van der Waals surface area contributed by atoms with Crippen molar-refractivity contribution in [1.29, 1.82) is 0 Å². The molecule has 166 valence electrons. The average molecular weight is 464 g/mol. The van der Waals surface area contributed by atoms with Gasteiger partial charge in [0.1, 0.15) is 0 Å². The highest BCUT2D eigenvalue weighted by Crippen LogP contribution is 2.50. The molecular formula is C22H17ClF3N3O3. The van der Waals surface area contributed by atoms with E-state index >= 15 is 0 Å². The van der Waals surface area contributed by atoms with Crippen LogP contribution in [0.1, 0.15) is 24.0 Å². The van der Waals surface area contributed by atoms with Gasteiger partial charge in [-0.1, -0.05) is 36.7 Å². The van der Waals surface area contributed by atoms with Gasteiger partial charge < -0.3 is 9.52 Å². The summed E-state index contributed by atoms with van der Waals surface area (Å²) >= 11 is 6.37. The van der Waals surface area contributed by atoms with Gasteiger partial charge in [0.2, 0.25) is 0 Å². The molecule has 10 heteroatoms. The maximum Gasteiger partial charge on any atom is 0.422 e. The number of aryl methyl sites for hydroxylation is 1. The molecule has 6 nitrogen and oxygen atoms in total. The van der Waals surface area contributed by atoms with Gasteiger partial charge in [-0.3, -0.25) is 4.57 Å². The van der Waals surface area contributed by atoms with Crippen molar-refractivity contribution in [1.82, 2.24) is 14.8 Å². The zero-order valence-electron chi connectivity index (χ0n) is 16.9. The highest BCUT2D eigenvalue weighted by Gasteiger charge is 2.59. The number of aliphatic hydroxyl groups is 1. The van der Waals surface area contributed by atoms with Gasteiger partial charge in [-0.25, -0.2) is 4.79 Å². The Morgan fingerprint density at radius 3 is 2.47 bits per heavy atom. The Balaban J connectivity index is 1.83. The predicted molar refractivity (Wildman–Crippen MR) is 112 cm³/mol. The fourth-order valence-corrected chi connectivity index (χ4v) is 4.11. The standard InChI is InChI=1S/C22H17ClF3N3O3/c1-12(16-5-3-13(9-17(16)23)14-7-8-27-28-11-14)21(31,22(24,25)26)15-4-6-19-18(10-15)29(2)20(30)32-19/h3-12,31H,1-2H3/t12-,21-/m1/s1. The Kier molecular flexibility index (Phi) is 5.34. The van der Waals surface area contributed by atoms with Crippen LogP contribution in [-0.4, -0.2) is 26.0 Å². The third kappa shape index (κ3) is 3.47. The van der Waals surface area contributed by atoms with Crippen molar-refractivity contribution in [3.8, 4) is 11.1 Å². The molecule has 0 aliphatic carbocycles. The lowest BCUT2D eigenvalue weighted by molar-refractivity contribution is -0.274.